The van der Waals surface area contributed by atoms with E-state index in [4.69, 9.17) is 4.74 Å². The number of nitrogens with one attached hydrogen (secondary N) is 1. The van der Waals surface area contributed by atoms with Gasteiger partial charge >= 0.3 is 0 Å². The Morgan fingerprint density at radius 1 is 1.25 bits per heavy atom. The van der Waals surface area contributed by atoms with Gasteiger partial charge in [-0.05, 0) is 31.5 Å². The maximum atomic E-state index is 12.6. The van der Waals surface area contributed by atoms with E-state index in [1.165, 1.54) is 23.5 Å². The van der Waals surface area contributed by atoms with E-state index in [9.17, 15) is 14.9 Å². The van der Waals surface area contributed by atoms with Crippen molar-refractivity contribution in [3.63, 3.8) is 0 Å². The Morgan fingerprint density at radius 3 is 2.79 bits per heavy atom. The number of nitro groups is 1. The Morgan fingerprint density at radius 2 is 2.04 bits per heavy atom. The van der Waals surface area contributed by atoms with E-state index in [0.29, 0.717) is 22.9 Å². The van der Waals surface area contributed by atoms with Crippen molar-refractivity contribution in [3.05, 3.63) is 80.8 Å². The molecular formula is C20H19N3O4S. The largest absolute Gasteiger partial charge is 0.490 e. The summed E-state index contributed by atoms with van der Waals surface area (Å²) in [5, 5.41) is 14.1. The fourth-order valence-corrected chi connectivity index (χ4v) is 3.45. The summed E-state index contributed by atoms with van der Waals surface area (Å²) in [4.78, 5) is 28.2. The standard InChI is InChI=1S/C20H19N3O4S/c1-13(2)27-18-9-4-3-8-17(18)19(24)22-20-21-12-16(28-20)11-14-6-5-7-15(10-14)23(25)26/h3-10,12-13H,11H2,1-2H3,(H,21,22,24). The van der Waals surface area contributed by atoms with Gasteiger partial charge in [-0.25, -0.2) is 4.98 Å². The molecule has 0 saturated carbocycles. The van der Waals surface area contributed by atoms with Crippen molar-refractivity contribution in [2.24, 2.45) is 0 Å². The number of hydrogen-bond donors (Lipinski definition) is 1. The van der Waals surface area contributed by atoms with Crippen LogP contribution >= 0.6 is 11.3 Å². The molecule has 0 fully saturated rings. The van der Waals surface area contributed by atoms with Gasteiger partial charge in [-0.1, -0.05) is 24.3 Å². The predicted molar refractivity (Wildman–Crippen MR) is 108 cm³/mol. The van der Waals surface area contributed by atoms with Crippen LogP contribution in [0.1, 0.15) is 34.6 Å². The number of non-ortho nitro benzene ring substituents is 1. The smallest absolute Gasteiger partial charge is 0.269 e. The number of ether oxygens (including phenoxy) is 1. The summed E-state index contributed by atoms with van der Waals surface area (Å²) in [6, 6.07) is 13.5. The minimum Gasteiger partial charge on any atom is -0.490 e. The second-order valence-electron chi connectivity index (χ2n) is 6.35. The van der Waals surface area contributed by atoms with E-state index in [1.807, 2.05) is 26.0 Å². The number of benzene rings is 2. The van der Waals surface area contributed by atoms with Gasteiger partial charge in [0.25, 0.3) is 11.6 Å². The quantitative estimate of drug-likeness (QED) is 0.461. The molecule has 0 aliphatic rings. The van der Waals surface area contributed by atoms with Crippen molar-refractivity contribution in [2.45, 2.75) is 26.4 Å². The molecule has 3 aromatic rings. The molecule has 1 aromatic heterocycles. The molecule has 0 aliphatic heterocycles. The van der Waals surface area contributed by atoms with Gasteiger partial charge in [-0.15, -0.1) is 11.3 Å². The number of hydrogen-bond acceptors (Lipinski definition) is 6. The van der Waals surface area contributed by atoms with Crippen LogP contribution in [0.25, 0.3) is 0 Å². The summed E-state index contributed by atoms with van der Waals surface area (Å²) in [5.74, 6) is 0.218. The van der Waals surface area contributed by atoms with E-state index < -0.39 is 4.92 Å². The van der Waals surface area contributed by atoms with Crippen LogP contribution in [0.5, 0.6) is 5.75 Å². The lowest BCUT2D eigenvalue weighted by Crippen LogP contribution is -2.15. The van der Waals surface area contributed by atoms with Crippen molar-refractivity contribution in [2.75, 3.05) is 5.32 Å². The number of para-hydroxylation sites is 1. The van der Waals surface area contributed by atoms with E-state index in [0.717, 1.165) is 10.4 Å². The van der Waals surface area contributed by atoms with E-state index in [1.54, 1.807) is 30.5 Å². The lowest BCUT2D eigenvalue weighted by atomic mass is 10.1. The predicted octanol–water partition coefficient (Wildman–Crippen LogP) is 4.68. The van der Waals surface area contributed by atoms with Crippen LogP contribution in [-0.2, 0) is 6.42 Å². The highest BCUT2D eigenvalue weighted by molar-refractivity contribution is 7.15. The monoisotopic (exact) mass is 397 g/mol. The second kappa shape index (κ2) is 8.62. The third-order valence-corrected chi connectivity index (χ3v) is 4.68. The second-order valence-corrected chi connectivity index (χ2v) is 7.47. The molecule has 7 nitrogen and oxygen atoms in total. The van der Waals surface area contributed by atoms with E-state index in [-0.39, 0.29) is 17.7 Å². The van der Waals surface area contributed by atoms with E-state index >= 15 is 0 Å². The van der Waals surface area contributed by atoms with Gasteiger partial charge in [-0.2, -0.15) is 0 Å². The summed E-state index contributed by atoms with van der Waals surface area (Å²) in [6.45, 7) is 3.80. The fraction of sp³-hybridized carbons (Fsp3) is 0.200. The first-order chi connectivity index (χ1) is 13.4. The number of amides is 1. The molecule has 8 heteroatoms. The number of anilines is 1. The molecule has 3 rings (SSSR count). The molecule has 144 valence electrons. The highest BCUT2D eigenvalue weighted by Crippen LogP contribution is 2.25. The molecular weight excluding hydrogens is 378 g/mol. The van der Waals surface area contributed by atoms with Crippen LogP contribution in [0.15, 0.2) is 54.7 Å². The Kier molecular flexibility index (Phi) is 6.00. The lowest BCUT2D eigenvalue weighted by molar-refractivity contribution is -0.384. The zero-order valence-corrected chi connectivity index (χ0v) is 16.2. The van der Waals surface area contributed by atoms with Crippen molar-refractivity contribution in [1.82, 2.24) is 4.98 Å². The molecule has 0 unspecified atom stereocenters. The van der Waals surface area contributed by atoms with Crippen LogP contribution in [0.3, 0.4) is 0 Å². The zero-order valence-electron chi connectivity index (χ0n) is 15.4. The van der Waals surface area contributed by atoms with Crippen molar-refractivity contribution < 1.29 is 14.5 Å². The first-order valence-corrected chi connectivity index (χ1v) is 9.49. The summed E-state index contributed by atoms with van der Waals surface area (Å²) >= 11 is 1.33. The third-order valence-electron chi connectivity index (χ3n) is 3.77. The number of nitrogens with zero attached hydrogens (tertiary/aromatic N) is 2. The minimum absolute atomic E-state index is 0.0460. The lowest BCUT2D eigenvalue weighted by Gasteiger charge is -2.13. The number of rotatable bonds is 7. The van der Waals surface area contributed by atoms with Crippen molar-refractivity contribution >= 4 is 28.1 Å². The van der Waals surface area contributed by atoms with Crippen LogP contribution < -0.4 is 10.1 Å². The molecule has 2 aromatic carbocycles. The SMILES string of the molecule is CC(C)Oc1ccccc1C(=O)Nc1ncc(Cc2cccc([N+](=O)[O-])c2)s1. The Hall–Kier alpha value is -3.26. The fourth-order valence-electron chi connectivity index (χ4n) is 2.60. The highest BCUT2D eigenvalue weighted by atomic mass is 32.1. The Labute approximate surface area is 166 Å². The molecule has 0 bridgehead atoms. The molecule has 0 aliphatic carbocycles. The van der Waals surface area contributed by atoms with E-state index in [2.05, 4.69) is 10.3 Å². The summed E-state index contributed by atoms with van der Waals surface area (Å²) in [7, 11) is 0. The first-order valence-electron chi connectivity index (χ1n) is 8.67. The maximum Gasteiger partial charge on any atom is 0.269 e. The van der Waals surface area contributed by atoms with Gasteiger partial charge in [0.2, 0.25) is 0 Å². The summed E-state index contributed by atoms with van der Waals surface area (Å²) < 4.78 is 5.69. The number of aromatic nitrogens is 1. The van der Waals surface area contributed by atoms with Crippen LogP contribution in [0.2, 0.25) is 0 Å². The molecule has 0 saturated heterocycles. The van der Waals surface area contributed by atoms with Crippen LogP contribution in [-0.4, -0.2) is 21.9 Å². The maximum absolute atomic E-state index is 12.6. The zero-order chi connectivity index (χ0) is 20.1. The normalized spacial score (nSPS) is 10.7. The summed E-state index contributed by atoms with van der Waals surface area (Å²) in [5.41, 5.74) is 1.30. The van der Waals surface area contributed by atoms with Crippen molar-refractivity contribution in [1.29, 1.82) is 0 Å². The Balaban J connectivity index is 1.70. The highest BCUT2D eigenvalue weighted by Gasteiger charge is 2.15. The number of carbonyl (C=O) groups excluding carboxylic acids is 1. The molecule has 1 amide bonds. The number of thiazole rings is 1. The molecule has 0 radical (unpaired) electrons. The Bertz CT molecular complexity index is 1000. The molecule has 0 atom stereocenters. The van der Waals surface area contributed by atoms with Crippen LogP contribution in [0.4, 0.5) is 10.8 Å². The average Bonchev–Trinajstić information content (AvgIpc) is 3.08. The molecule has 1 heterocycles. The van der Waals surface area contributed by atoms with Gasteiger partial charge in [0.05, 0.1) is 16.6 Å². The first kappa shape index (κ1) is 19.5. The third kappa shape index (κ3) is 4.92. The number of nitro benzene ring substituents is 1. The van der Waals surface area contributed by atoms with Gasteiger partial charge < -0.3 is 4.74 Å². The van der Waals surface area contributed by atoms with Gasteiger partial charge in [0.15, 0.2) is 5.13 Å². The minimum atomic E-state index is -0.418. The van der Waals surface area contributed by atoms with Gasteiger partial charge in [0.1, 0.15) is 5.75 Å². The van der Waals surface area contributed by atoms with Gasteiger partial charge in [0, 0.05) is 29.6 Å². The molecule has 0 spiro atoms. The van der Waals surface area contributed by atoms with Crippen molar-refractivity contribution in [3.8, 4) is 5.75 Å². The number of carbonyl (C=O) groups is 1. The molecule has 28 heavy (non-hydrogen) atoms. The average molecular weight is 397 g/mol. The topological polar surface area (TPSA) is 94.4 Å². The van der Waals surface area contributed by atoms with Gasteiger partial charge in [-0.3, -0.25) is 20.2 Å². The summed E-state index contributed by atoms with van der Waals surface area (Å²) in [6.07, 6.45) is 2.12. The van der Waals surface area contributed by atoms with Crippen LogP contribution in [0, 0.1) is 10.1 Å². The molecule has 1 N–H and O–H groups in total.